The molecule has 2 aromatic rings. The largest absolute Gasteiger partial charge is 0.516 e. The van der Waals surface area contributed by atoms with Crippen LogP contribution in [0.3, 0.4) is 0 Å². The van der Waals surface area contributed by atoms with Gasteiger partial charge in [-0.1, -0.05) is 0 Å². The number of amides is 2. The molecule has 9 heteroatoms. The van der Waals surface area contributed by atoms with Crippen LogP contribution in [0.5, 0.6) is 0 Å². The van der Waals surface area contributed by atoms with Crippen molar-refractivity contribution in [3.8, 4) is 0 Å². The number of carbonyl (C=O) groups is 2. The standard InChI is InChI=1S/C17H20BN3O4S/c1-16(2)17(3,4)25-18(24-16)15-14-11(19-9-20-15)7-10(26-14)8-21-12(22)5-6-13(21)23/h7,9H,5-6,8H2,1-4H3. The van der Waals surface area contributed by atoms with E-state index in [2.05, 4.69) is 9.97 Å². The van der Waals surface area contributed by atoms with E-state index < -0.39 is 18.3 Å². The number of hydrogen-bond acceptors (Lipinski definition) is 7. The fourth-order valence-corrected chi connectivity index (χ4v) is 4.17. The molecule has 26 heavy (non-hydrogen) atoms. The minimum Gasteiger partial charge on any atom is -0.398 e. The maximum atomic E-state index is 11.9. The van der Waals surface area contributed by atoms with Gasteiger partial charge in [-0.25, -0.2) is 9.97 Å². The Hall–Kier alpha value is -1.84. The van der Waals surface area contributed by atoms with Gasteiger partial charge < -0.3 is 9.31 Å². The number of aromatic nitrogens is 2. The van der Waals surface area contributed by atoms with Crippen molar-refractivity contribution in [3.63, 3.8) is 0 Å². The molecule has 4 rings (SSSR count). The number of carbonyl (C=O) groups excluding carboxylic acids is 2. The average Bonchev–Trinajstić information content (AvgIpc) is 3.17. The van der Waals surface area contributed by atoms with E-state index in [-0.39, 0.29) is 18.4 Å². The van der Waals surface area contributed by atoms with E-state index in [1.807, 2.05) is 33.8 Å². The van der Waals surface area contributed by atoms with Gasteiger partial charge in [0.05, 0.1) is 33.6 Å². The van der Waals surface area contributed by atoms with Crippen LogP contribution < -0.4 is 5.59 Å². The Morgan fingerprint density at radius 2 is 1.73 bits per heavy atom. The quantitative estimate of drug-likeness (QED) is 0.601. The second kappa shape index (κ2) is 5.83. The molecule has 0 atom stereocenters. The first-order valence-electron chi connectivity index (χ1n) is 8.60. The van der Waals surface area contributed by atoms with Crippen molar-refractivity contribution in [1.82, 2.24) is 14.9 Å². The first kappa shape index (κ1) is 17.6. The van der Waals surface area contributed by atoms with Gasteiger partial charge in [0.25, 0.3) is 0 Å². The summed E-state index contributed by atoms with van der Waals surface area (Å²) in [5.74, 6) is -0.241. The van der Waals surface area contributed by atoms with Crippen molar-refractivity contribution in [2.45, 2.75) is 58.3 Å². The van der Waals surface area contributed by atoms with Gasteiger partial charge in [0, 0.05) is 17.7 Å². The molecule has 0 N–H and O–H groups in total. The molecule has 2 saturated heterocycles. The van der Waals surface area contributed by atoms with E-state index >= 15 is 0 Å². The third kappa shape index (κ3) is 2.74. The molecule has 2 aromatic heterocycles. The molecule has 2 aliphatic heterocycles. The maximum Gasteiger partial charge on any atom is 0.516 e. The average molecular weight is 373 g/mol. The van der Waals surface area contributed by atoms with Crippen molar-refractivity contribution in [2.75, 3.05) is 0 Å². The lowest BCUT2D eigenvalue weighted by Crippen LogP contribution is -2.41. The number of fused-ring (bicyclic) bond motifs is 1. The molecule has 0 aliphatic carbocycles. The molecule has 2 aliphatic rings. The summed E-state index contributed by atoms with van der Waals surface area (Å²) in [7, 11) is -0.577. The third-order valence-corrected chi connectivity index (χ3v) is 6.47. The lowest BCUT2D eigenvalue weighted by molar-refractivity contribution is -0.138. The molecule has 7 nitrogen and oxygen atoms in total. The molecule has 4 heterocycles. The summed E-state index contributed by atoms with van der Waals surface area (Å²) >= 11 is 1.47. The first-order valence-corrected chi connectivity index (χ1v) is 9.42. The van der Waals surface area contributed by atoms with Crippen molar-refractivity contribution < 1.29 is 18.9 Å². The molecule has 0 saturated carbocycles. The molecule has 0 radical (unpaired) electrons. The van der Waals surface area contributed by atoms with E-state index in [1.165, 1.54) is 22.6 Å². The van der Waals surface area contributed by atoms with Crippen LogP contribution in [0.25, 0.3) is 10.2 Å². The van der Waals surface area contributed by atoms with E-state index in [0.29, 0.717) is 18.4 Å². The number of thiophene rings is 1. The van der Waals surface area contributed by atoms with Crippen LogP contribution in [0.15, 0.2) is 12.4 Å². The first-order chi connectivity index (χ1) is 12.2. The Labute approximate surface area is 155 Å². The molecule has 136 valence electrons. The summed E-state index contributed by atoms with van der Waals surface area (Å²) in [4.78, 5) is 34.6. The smallest absolute Gasteiger partial charge is 0.398 e. The number of hydrogen-bond donors (Lipinski definition) is 0. The van der Waals surface area contributed by atoms with E-state index in [0.717, 1.165) is 15.1 Å². The predicted octanol–water partition coefficient (Wildman–Crippen LogP) is 1.64. The van der Waals surface area contributed by atoms with Gasteiger partial charge in [-0.3, -0.25) is 14.5 Å². The number of imide groups is 1. The van der Waals surface area contributed by atoms with Gasteiger partial charge in [-0.15, -0.1) is 11.3 Å². The normalized spacial score (nSPS) is 22.0. The van der Waals surface area contributed by atoms with Crippen molar-refractivity contribution in [1.29, 1.82) is 0 Å². The fourth-order valence-electron chi connectivity index (χ4n) is 3.08. The van der Waals surface area contributed by atoms with Gasteiger partial charge >= 0.3 is 7.12 Å². The van der Waals surface area contributed by atoms with Crippen LogP contribution in [-0.2, 0) is 25.4 Å². The zero-order valence-corrected chi connectivity index (χ0v) is 16.1. The van der Waals surface area contributed by atoms with Gasteiger partial charge in [0.15, 0.2) is 0 Å². The molecule has 0 aromatic carbocycles. The molecular formula is C17H20BN3O4S. The Balaban J connectivity index is 1.67. The number of likely N-dealkylation sites (tertiary alicyclic amines) is 1. The monoisotopic (exact) mass is 373 g/mol. The van der Waals surface area contributed by atoms with Crippen molar-refractivity contribution in [2.24, 2.45) is 0 Å². The second-order valence-electron chi connectivity index (χ2n) is 7.65. The van der Waals surface area contributed by atoms with Crippen LogP contribution in [0, 0.1) is 0 Å². The summed E-state index contributed by atoms with van der Waals surface area (Å²) in [6, 6.07) is 1.90. The van der Waals surface area contributed by atoms with Crippen LogP contribution in [0.1, 0.15) is 45.4 Å². The Bertz CT molecular complexity index is 879. The third-order valence-electron chi connectivity index (χ3n) is 5.34. The van der Waals surface area contributed by atoms with Crippen molar-refractivity contribution >= 4 is 46.1 Å². The van der Waals surface area contributed by atoms with Crippen LogP contribution in [-0.4, -0.2) is 45.0 Å². The highest BCUT2D eigenvalue weighted by Gasteiger charge is 2.53. The second-order valence-corrected chi connectivity index (χ2v) is 8.78. The van der Waals surface area contributed by atoms with Gasteiger partial charge in [0.1, 0.15) is 6.33 Å². The minimum absolute atomic E-state index is 0.121. The van der Waals surface area contributed by atoms with Crippen LogP contribution >= 0.6 is 11.3 Å². The Kier molecular flexibility index (Phi) is 3.94. The van der Waals surface area contributed by atoms with E-state index in [4.69, 9.17) is 9.31 Å². The summed E-state index contributed by atoms with van der Waals surface area (Å²) < 4.78 is 13.1. The minimum atomic E-state index is -0.577. The lowest BCUT2D eigenvalue weighted by Gasteiger charge is -2.32. The van der Waals surface area contributed by atoms with Gasteiger partial charge in [-0.05, 0) is 33.8 Å². The predicted molar refractivity (Wildman–Crippen MR) is 97.9 cm³/mol. The van der Waals surface area contributed by atoms with Crippen molar-refractivity contribution in [3.05, 3.63) is 17.3 Å². The zero-order valence-electron chi connectivity index (χ0n) is 15.2. The number of nitrogens with zero attached hydrogens (tertiary/aromatic N) is 3. The molecular weight excluding hydrogens is 353 g/mol. The highest BCUT2D eigenvalue weighted by Crippen LogP contribution is 2.37. The molecule has 0 spiro atoms. The Morgan fingerprint density at radius 1 is 1.12 bits per heavy atom. The van der Waals surface area contributed by atoms with E-state index in [9.17, 15) is 9.59 Å². The SMILES string of the molecule is CC1(C)OB(c2ncnc3cc(CN4C(=O)CCC4=O)sc23)OC1(C)C. The maximum absolute atomic E-state index is 11.9. The molecule has 2 fully saturated rings. The highest BCUT2D eigenvalue weighted by atomic mass is 32.1. The van der Waals surface area contributed by atoms with Gasteiger partial charge in [0.2, 0.25) is 11.8 Å². The summed E-state index contributed by atoms with van der Waals surface area (Å²) in [5.41, 5.74) is 0.542. The summed E-state index contributed by atoms with van der Waals surface area (Å²) in [6.45, 7) is 8.26. The summed E-state index contributed by atoms with van der Waals surface area (Å²) in [6.07, 6.45) is 2.08. The zero-order chi connectivity index (χ0) is 18.7. The molecule has 0 unspecified atom stereocenters. The molecule has 0 bridgehead atoms. The topological polar surface area (TPSA) is 81.6 Å². The van der Waals surface area contributed by atoms with E-state index in [1.54, 1.807) is 0 Å². The van der Waals surface area contributed by atoms with Gasteiger partial charge in [-0.2, -0.15) is 0 Å². The number of rotatable bonds is 3. The fraction of sp³-hybridized carbons (Fsp3) is 0.529. The summed E-state index contributed by atoms with van der Waals surface area (Å²) in [5, 5.41) is 0. The molecule has 2 amide bonds. The van der Waals surface area contributed by atoms with Crippen LogP contribution in [0.2, 0.25) is 0 Å². The Morgan fingerprint density at radius 3 is 2.35 bits per heavy atom. The van der Waals surface area contributed by atoms with Crippen LogP contribution in [0.4, 0.5) is 0 Å². The lowest BCUT2D eigenvalue weighted by atomic mass is 9.84. The highest BCUT2D eigenvalue weighted by molar-refractivity contribution is 7.20.